The number of hydrogen-bond donors (Lipinski definition) is 1. The van der Waals surface area contributed by atoms with Crippen LogP contribution in [0.5, 0.6) is 5.75 Å². The monoisotopic (exact) mass is 344 g/mol. The van der Waals surface area contributed by atoms with E-state index in [0.717, 1.165) is 12.1 Å². The molecule has 0 aliphatic carbocycles. The first-order valence-electron chi connectivity index (χ1n) is 6.84. The highest BCUT2D eigenvalue weighted by Crippen LogP contribution is 2.31. The second kappa shape index (κ2) is 7.02. The number of alkyl halides is 3. The molecule has 1 unspecified atom stereocenters. The molecule has 0 fully saturated rings. The zero-order valence-electron chi connectivity index (χ0n) is 12.9. The van der Waals surface area contributed by atoms with Gasteiger partial charge in [-0.25, -0.2) is 9.80 Å². The second-order valence-electron chi connectivity index (χ2n) is 5.06. The Hall–Kier alpha value is -2.39. The van der Waals surface area contributed by atoms with Gasteiger partial charge in [-0.15, -0.1) is 0 Å². The first-order chi connectivity index (χ1) is 11.2. The number of nitrogens with one attached hydrogen (secondary N) is 1. The van der Waals surface area contributed by atoms with Crippen LogP contribution in [-0.2, 0) is 20.5 Å². The normalized spacial score (nSPS) is 18.8. The summed E-state index contributed by atoms with van der Waals surface area (Å²) in [5.74, 6) is -1.83. The van der Waals surface area contributed by atoms with Crippen LogP contribution in [0.25, 0.3) is 0 Å². The Kier molecular flexibility index (Phi) is 5.25. The van der Waals surface area contributed by atoms with Crippen molar-refractivity contribution >= 4 is 11.8 Å². The summed E-state index contributed by atoms with van der Waals surface area (Å²) in [6, 6.07) is 2.56. The molecule has 0 amide bonds. The number of ketones is 1. The minimum Gasteiger partial charge on any atom is -0.425 e. The number of hydrogen-bond acceptors (Lipinski definition) is 6. The number of benzene rings is 1. The maximum atomic E-state index is 12.7. The fourth-order valence-corrected chi connectivity index (χ4v) is 2.12. The van der Waals surface area contributed by atoms with Crippen molar-refractivity contribution in [2.45, 2.75) is 12.2 Å². The van der Waals surface area contributed by atoms with Crippen LogP contribution < -0.4 is 10.2 Å². The molecule has 1 aliphatic rings. The molecule has 0 radical (unpaired) electrons. The molecular formula is C15H15F3N2O4. The Morgan fingerprint density at radius 3 is 2.71 bits per heavy atom. The summed E-state index contributed by atoms with van der Waals surface area (Å²) in [5.41, 5.74) is 1.96. The number of methoxy groups -OCH3 is 1. The van der Waals surface area contributed by atoms with E-state index < -0.39 is 29.5 Å². The molecule has 0 spiro atoms. The van der Waals surface area contributed by atoms with Crippen LogP contribution in [0.15, 0.2) is 36.0 Å². The minimum atomic E-state index is -4.56. The summed E-state index contributed by atoms with van der Waals surface area (Å²) in [7, 11) is 2.83. The highest BCUT2D eigenvalue weighted by atomic mass is 19.4. The van der Waals surface area contributed by atoms with Gasteiger partial charge < -0.3 is 14.9 Å². The Balaban J connectivity index is 2.17. The summed E-state index contributed by atoms with van der Waals surface area (Å²) < 4.78 is 47.9. The van der Waals surface area contributed by atoms with E-state index in [1.165, 1.54) is 31.4 Å². The van der Waals surface area contributed by atoms with Crippen LogP contribution in [0.1, 0.15) is 5.56 Å². The lowest BCUT2D eigenvalue weighted by Crippen LogP contribution is -2.55. The van der Waals surface area contributed by atoms with Crippen LogP contribution in [-0.4, -0.2) is 43.6 Å². The molecule has 1 N–H and O–H groups in total. The molecule has 1 aromatic rings. The number of hydrazine groups is 1. The Morgan fingerprint density at radius 2 is 2.08 bits per heavy atom. The molecule has 9 heteroatoms. The zero-order valence-corrected chi connectivity index (χ0v) is 12.9. The van der Waals surface area contributed by atoms with E-state index in [1.807, 2.05) is 0 Å². The van der Waals surface area contributed by atoms with Crippen LogP contribution in [0.2, 0.25) is 0 Å². The number of halogens is 3. The zero-order chi connectivity index (χ0) is 17.9. The van der Waals surface area contributed by atoms with Gasteiger partial charge >= 0.3 is 12.1 Å². The van der Waals surface area contributed by atoms with E-state index in [2.05, 4.69) is 5.43 Å². The first kappa shape index (κ1) is 18.0. The van der Waals surface area contributed by atoms with E-state index >= 15 is 0 Å². The minimum absolute atomic E-state index is 0.00693. The lowest BCUT2D eigenvalue weighted by molar-refractivity contribution is -0.146. The molecule has 1 aromatic carbocycles. The third-order valence-electron chi connectivity index (χ3n) is 3.30. The van der Waals surface area contributed by atoms with E-state index in [4.69, 9.17) is 9.47 Å². The third-order valence-corrected chi connectivity index (χ3v) is 3.30. The number of carbonyl (C=O) groups is 2. The van der Waals surface area contributed by atoms with Crippen LogP contribution in [0.4, 0.5) is 13.2 Å². The standard InChI is InChI=1S/C15H15F3N2O4/c1-20-12(13(21)9(7-19-20)8-23-2)14(22)24-11-5-3-4-10(6-11)15(16,17)18/h3-7,12,19H,8H2,1-2H3. The molecule has 6 nitrogen and oxygen atoms in total. The van der Waals surface area contributed by atoms with Gasteiger partial charge in [-0.2, -0.15) is 13.2 Å². The average molecular weight is 344 g/mol. The van der Waals surface area contributed by atoms with Crippen molar-refractivity contribution in [1.82, 2.24) is 10.4 Å². The average Bonchev–Trinajstić information content (AvgIpc) is 2.50. The lowest BCUT2D eigenvalue weighted by Gasteiger charge is -2.29. The first-order valence-corrected chi connectivity index (χ1v) is 6.84. The Bertz CT molecular complexity index is 673. The largest absolute Gasteiger partial charge is 0.425 e. The van der Waals surface area contributed by atoms with Gasteiger partial charge in [0.25, 0.3) is 0 Å². The van der Waals surface area contributed by atoms with Gasteiger partial charge in [0.15, 0.2) is 11.8 Å². The van der Waals surface area contributed by atoms with Crippen LogP contribution in [0.3, 0.4) is 0 Å². The van der Waals surface area contributed by atoms with Gasteiger partial charge in [0.2, 0.25) is 0 Å². The number of carbonyl (C=O) groups excluding carboxylic acids is 2. The van der Waals surface area contributed by atoms with Crippen LogP contribution >= 0.6 is 0 Å². The van der Waals surface area contributed by atoms with E-state index in [9.17, 15) is 22.8 Å². The molecule has 1 atom stereocenters. The third kappa shape index (κ3) is 3.92. The van der Waals surface area contributed by atoms with Gasteiger partial charge in [-0.1, -0.05) is 6.07 Å². The molecular weight excluding hydrogens is 329 g/mol. The van der Waals surface area contributed by atoms with Crippen molar-refractivity contribution in [2.24, 2.45) is 0 Å². The van der Waals surface area contributed by atoms with Crippen molar-refractivity contribution in [3.63, 3.8) is 0 Å². The molecule has 0 saturated heterocycles. The van der Waals surface area contributed by atoms with Gasteiger partial charge in [0.1, 0.15) is 5.75 Å². The summed E-state index contributed by atoms with van der Waals surface area (Å²) in [5, 5.41) is 1.21. The SMILES string of the molecule is COCC1=CNN(C)C(C(=O)Oc2cccc(C(F)(F)F)c2)C1=O. The lowest BCUT2D eigenvalue weighted by atomic mass is 10.0. The van der Waals surface area contributed by atoms with Gasteiger partial charge in [0, 0.05) is 25.9 Å². The molecule has 0 aromatic heterocycles. The molecule has 0 saturated carbocycles. The van der Waals surface area contributed by atoms with Crippen molar-refractivity contribution in [3.05, 3.63) is 41.6 Å². The fraction of sp³-hybridized carbons (Fsp3) is 0.333. The second-order valence-corrected chi connectivity index (χ2v) is 5.06. The number of nitrogens with zero attached hydrogens (tertiary/aromatic N) is 1. The predicted octanol–water partition coefficient (Wildman–Crippen LogP) is 1.53. The van der Waals surface area contributed by atoms with Gasteiger partial charge in [-0.05, 0) is 18.2 Å². The molecule has 130 valence electrons. The summed E-state index contributed by atoms with van der Waals surface area (Å²) in [4.78, 5) is 24.5. The summed E-state index contributed by atoms with van der Waals surface area (Å²) in [6.07, 6.45) is -3.17. The Morgan fingerprint density at radius 1 is 1.38 bits per heavy atom. The van der Waals surface area contributed by atoms with E-state index in [1.54, 1.807) is 0 Å². The van der Waals surface area contributed by atoms with Crippen LogP contribution in [0, 0.1) is 0 Å². The molecule has 2 rings (SSSR count). The van der Waals surface area contributed by atoms with Crippen molar-refractivity contribution in [1.29, 1.82) is 0 Å². The number of ether oxygens (including phenoxy) is 2. The fourth-order valence-electron chi connectivity index (χ4n) is 2.12. The molecule has 0 bridgehead atoms. The smallest absolute Gasteiger partial charge is 0.416 e. The van der Waals surface area contributed by atoms with Crippen molar-refractivity contribution < 1.29 is 32.2 Å². The van der Waals surface area contributed by atoms with Gasteiger partial charge in [-0.3, -0.25) is 4.79 Å². The highest BCUT2D eigenvalue weighted by Gasteiger charge is 2.37. The quantitative estimate of drug-likeness (QED) is 0.508. The maximum absolute atomic E-state index is 12.7. The van der Waals surface area contributed by atoms with Crippen molar-refractivity contribution in [2.75, 3.05) is 20.8 Å². The van der Waals surface area contributed by atoms with Crippen molar-refractivity contribution in [3.8, 4) is 5.75 Å². The number of Topliss-reactive ketones (excluding diaryl/α,β-unsaturated/α-hetero) is 1. The Labute approximate surface area is 135 Å². The number of esters is 1. The molecule has 1 aliphatic heterocycles. The summed E-state index contributed by atoms with van der Waals surface area (Å²) >= 11 is 0. The van der Waals surface area contributed by atoms with E-state index in [0.29, 0.717) is 6.07 Å². The predicted molar refractivity (Wildman–Crippen MR) is 76.7 cm³/mol. The molecule has 24 heavy (non-hydrogen) atoms. The van der Waals surface area contributed by atoms with E-state index in [-0.39, 0.29) is 17.9 Å². The molecule has 1 heterocycles. The maximum Gasteiger partial charge on any atom is 0.416 e. The van der Waals surface area contributed by atoms with Gasteiger partial charge in [0.05, 0.1) is 12.2 Å². The number of likely N-dealkylation sites (N-methyl/N-ethyl adjacent to an activating group) is 1. The summed E-state index contributed by atoms with van der Waals surface area (Å²) in [6.45, 7) is -0.00693. The highest BCUT2D eigenvalue weighted by molar-refractivity contribution is 6.12. The topological polar surface area (TPSA) is 67.9 Å². The number of rotatable bonds is 4.